The van der Waals surface area contributed by atoms with Crippen LogP contribution in [-0.4, -0.2) is 26.5 Å². The van der Waals surface area contributed by atoms with Crippen molar-refractivity contribution < 1.29 is 27.5 Å². The Morgan fingerprint density at radius 3 is 2.17 bits per heavy atom. The molecule has 1 aromatic heterocycles. The van der Waals surface area contributed by atoms with E-state index in [-0.39, 0.29) is 24.1 Å². The number of halogens is 3. The number of hydrogen-bond donors (Lipinski definition) is 0. The standard InChI is InChI=1S/C31H32F3N3O3/c1-4-6-9-22(5-2)29(38)37(30(39)28-26-10-7-8-11-27(26)35-36(28)3)20-21-12-16-24(17-13-21)40-25-18-14-23(15-19-25)31(32,33)34/h7-8,10-19,22H,4-6,9,20H2,1-3H3. The second kappa shape index (κ2) is 12.4. The van der Waals surface area contributed by atoms with Crippen LogP contribution in [0.4, 0.5) is 13.2 Å². The molecule has 0 aliphatic rings. The molecular weight excluding hydrogens is 519 g/mol. The minimum absolute atomic E-state index is 0.0559. The molecule has 0 spiro atoms. The van der Waals surface area contributed by atoms with Gasteiger partial charge >= 0.3 is 6.18 Å². The van der Waals surface area contributed by atoms with Crippen LogP contribution in [0.3, 0.4) is 0 Å². The minimum atomic E-state index is -4.42. The molecule has 0 N–H and O–H groups in total. The summed E-state index contributed by atoms with van der Waals surface area (Å²) in [5.74, 6) is -0.250. The van der Waals surface area contributed by atoms with Crippen LogP contribution in [0, 0.1) is 5.92 Å². The molecule has 6 nitrogen and oxygen atoms in total. The van der Waals surface area contributed by atoms with Crippen LogP contribution in [0.15, 0.2) is 72.8 Å². The summed E-state index contributed by atoms with van der Waals surface area (Å²) in [6.45, 7) is 4.07. The summed E-state index contributed by atoms with van der Waals surface area (Å²) in [5, 5.41) is 5.12. The smallest absolute Gasteiger partial charge is 0.416 e. The summed E-state index contributed by atoms with van der Waals surface area (Å²) in [4.78, 5) is 29.0. The lowest BCUT2D eigenvalue weighted by molar-refractivity contribution is -0.137. The highest BCUT2D eigenvalue weighted by Crippen LogP contribution is 2.31. The number of carbonyl (C=O) groups is 2. The van der Waals surface area contributed by atoms with Gasteiger partial charge in [0.05, 0.1) is 17.6 Å². The topological polar surface area (TPSA) is 64.4 Å². The number of imide groups is 1. The van der Waals surface area contributed by atoms with Gasteiger partial charge in [-0.3, -0.25) is 19.2 Å². The number of aryl methyl sites for hydroxylation is 1. The summed E-state index contributed by atoms with van der Waals surface area (Å²) in [6, 6.07) is 18.6. The lowest BCUT2D eigenvalue weighted by Crippen LogP contribution is -2.41. The lowest BCUT2D eigenvalue weighted by atomic mass is 9.97. The van der Waals surface area contributed by atoms with Gasteiger partial charge in [-0.05, 0) is 60.9 Å². The van der Waals surface area contributed by atoms with Crippen molar-refractivity contribution in [3.8, 4) is 11.5 Å². The second-order valence-electron chi connectivity index (χ2n) is 9.73. The summed E-state index contributed by atoms with van der Waals surface area (Å²) in [7, 11) is 1.69. The molecule has 1 atom stereocenters. The molecule has 0 aliphatic carbocycles. The molecular formula is C31H32F3N3O3. The first-order chi connectivity index (χ1) is 19.1. The van der Waals surface area contributed by atoms with Crippen LogP contribution in [0.5, 0.6) is 11.5 Å². The highest BCUT2D eigenvalue weighted by atomic mass is 19.4. The average molecular weight is 552 g/mol. The van der Waals surface area contributed by atoms with Gasteiger partial charge in [-0.2, -0.15) is 18.3 Å². The van der Waals surface area contributed by atoms with E-state index in [1.54, 1.807) is 31.3 Å². The molecule has 0 bridgehead atoms. The Morgan fingerprint density at radius 1 is 0.950 bits per heavy atom. The number of hydrogen-bond acceptors (Lipinski definition) is 4. The van der Waals surface area contributed by atoms with Gasteiger partial charge in [-0.1, -0.05) is 57.0 Å². The maximum Gasteiger partial charge on any atom is 0.416 e. The van der Waals surface area contributed by atoms with Gasteiger partial charge in [0.15, 0.2) is 0 Å². The monoisotopic (exact) mass is 551 g/mol. The fourth-order valence-corrected chi connectivity index (χ4v) is 4.64. The van der Waals surface area contributed by atoms with Gasteiger partial charge in [0.1, 0.15) is 17.2 Å². The fraction of sp³-hybridized carbons (Fsp3) is 0.323. The fourth-order valence-electron chi connectivity index (χ4n) is 4.64. The van der Waals surface area contributed by atoms with E-state index in [2.05, 4.69) is 12.0 Å². The van der Waals surface area contributed by atoms with Crippen molar-refractivity contribution in [1.82, 2.24) is 14.7 Å². The number of ether oxygens (including phenoxy) is 1. The first kappa shape index (κ1) is 28.9. The molecule has 0 fully saturated rings. The number of rotatable bonds is 10. The van der Waals surface area contributed by atoms with Crippen LogP contribution in [0.1, 0.15) is 61.1 Å². The zero-order valence-electron chi connectivity index (χ0n) is 22.7. The number of amides is 2. The third-order valence-electron chi connectivity index (χ3n) is 6.88. The summed E-state index contributed by atoms with van der Waals surface area (Å²) in [6.07, 6.45) is -1.27. The maximum absolute atomic E-state index is 13.9. The Kier molecular flexibility index (Phi) is 8.92. The first-order valence-corrected chi connectivity index (χ1v) is 13.3. The molecule has 0 saturated heterocycles. The van der Waals surface area contributed by atoms with Crippen molar-refractivity contribution in [2.45, 2.75) is 52.3 Å². The number of fused-ring (bicyclic) bond motifs is 1. The van der Waals surface area contributed by atoms with Crippen molar-refractivity contribution in [3.05, 3.63) is 89.6 Å². The van der Waals surface area contributed by atoms with E-state index in [1.165, 1.54) is 21.7 Å². The zero-order valence-corrected chi connectivity index (χ0v) is 22.7. The molecule has 1 unspecified atom stereocenters. The molecule has 1 heterocycles. The number of unbranched alkanes of at least 4 members (excludes halogenated alkanes) is 1. The Labute approximate surface area is 231 Å². The molecule has 3 aromatic carbocycles. The predicted molar refractivity (Wildman–Crippen MR) is 147 cm³/mol. The number of aromatic nitrogens is 2. The van der Waals surface area contributed by atoms with Crippen LogP contribution in [0.2, 0.25) is 0 Å². The second-order valence-corrected chi connectivity index (χ2v) is 9.73. The predicted octanol–water partition coefficient (Wildman–Crippen LogP) is 7.77. The Balaban J connectivity index is 1.58. The van der Waals surface area contributed by atoms with Crippen molar-refractivity contribution >= 4 is 22.7 Å². The van der Waals surface area contributed by atoms with Crippen molar-refractivity contribution in [3.63, 3.8) is 0 Å². The third-order valence-corrected chi connectivity index (χ3v) is 6.88. The van der Waals surface area contributed by atoms with Gasteiger partial charge in [0.25, 0.3) is 5.91 Å². The Hall–Kier alpha value is -4.14. The van der Waals surface area contributed by atoms with Crippen molar-refractivity contribution in [2.75, 3.05) is 0 Å². The van der Waals surface area contributed by atoms with E-state index in [0.717, 1.165) is 25.0 Å². The largest absolute Gasteiger partial charge is 0.457 e. The van der Waals surface area contributed by atoms with E-state index < -0.39 is 17.6 Å². The number of nitrogens with zero attached hydrogens (tertiary/aromatic N) is 3. The van der Waals surface area contributed by atoms with E-state index >= 15 is 0 Å². The molecule has 210 valence electrons. The molecule has 0 aliphatic heterocycles. The number of alkyl halides is 3. The molecule has 4 aromatic rings. The van der Waals surface area contributed by atoms with E-state index in [0.29, 0.717) is 40.8 Å². The normalized spacial score (nSPS) is 12.3. The molecule has 4 rings (SSSR count). The molecule has 0 saturated carbocycles. The maximum atomic E-state index is 13.9. The highest BCUT2D eigenvalue weighted by molar-refractivity contribution is 6.11. The Morgan fingerprint density at radius 2 is 1.57 bits per heavy atom. The third kappa shape index (κ3) is 6.52. The van der Waals surface area contributed by atoms with Crippen molar-refractivity contribution in [1.29, 1.82) is 0 Å². The lowest BCUT2D eigenvalue weighted by Gasteiger charge is -2.26. The van der Waals surface area contributed by atoms with Crippen LogP contribution in [-0.2, 0) is 24.6 Å². The van der Waals surface area contributed by atoms with E-state index in [4.69, 9.17) is 4.74 Å². The zero-order chi connectivity index (χ0) is 28.9. The SMILES string of the molecule is CCCCC(CC)C(=O)N(Cc1ccc(Oc2ccc(C(F)(F)F)cc2)cc1)C(=O)c1c2ccccc2nn1C. The van der Waals surface area contributed by atoms with Gasteiger partial charge in [0.2, 0.25) is 5.91 Å². The molecule has 2 amide bonds. The van der Waals surface area contributed by atoms with Crippen LogP contribution >= 0.6 is 0 Å². The minimum Gasteiger partial charge on any atom is -0.457 e. The van der Waals surface area contributed by atoms with Crippen LogP contribution < -0.4 is 4.74 Å². The van der Waals surface area contributed by atoms with E-state index in [1.807, 2.05) is 31.2 Å². The molecule has 9 heteroatoms. The summed E-state index contributed by atoms with van der Waals surface area (Å²) in [5.41, 5.74) is 0.966. The van der Waals surface area contributed by atoms with Crippen LogP contribution in [0.25, 0.3) is 10.9 Å². The van der Waals surface area contributed by atoms with Gasteiger partial charge in [-0.25, -0.2) is 0 Å². The van der Waals surface area contributed by atoms with Gasteiger partial charge in [0, 0.05) is 18.4 Å². The Bertz CT molecular complexity index is 1460. The number of carbonyl (C=O) groups excluding carboxylic acids is 2. The highest BCUT2D eigenvalue weighted by Gasteiger charge is 2.32. The quantitative estimate of drug-likeness (QED) is 0.202. The first-order valence-electron chi connectivity index (χ1n) is 13.3. The molecule has 40 heavy (non-hydrogen) atoms. The van der Waals surface area contributed by atoms with Gasteiger partial charge < -0.3 is 4.74 Å². The average Bonchev–Trinajstić information content (AvgIpc) is 3.28. The molecule has 0 radical (unpaired) electrons. The van der Waals surface area contributed by atoms with Crippen molar-refractivity contribution in [2.24, 2.45) is 13.0 Å². The summed E-state index contributed by atoms with van der Waals surface area (Å²) < 4.78 is 45.7. The summed E-state index contributed by atoms with van der Waals surface area (Å²) >= 11 is 0. The van der Waals surface area contributed by atoms with Gasteiger partial charge in [-0.15, -0.1) is 0 Å². The van der Waals surface area contributed by atoms with E-state index in [9.17, 15) is 22.8 Å². The number of benzene rings is 3.